The normalized spacial score (nSPS) is 16.3. The zero-order chi connectivity index (χ0) is 15.4. The van der Waals surface area contributed by atoms with Gasteiger partial charge in [-0.2, -0.15) is 0 Å². The molecule has 0 bridgehead atoms. The minimum atomic E-state index is -0.0308. The molecular weight excluding hydrogens is 300 g/mol. The van der Waals surface area contributed by atoms with Crippen molar-refractivity contribution in [3.05, 3.63) is 40.3 Å². The molecule has 1 aliphatic heterocycles. The van der Waals surface area contributed by atoms with Crippen molar-refractivity contribution in [2.45, 2.75) is 25.9 Å². The number of nitrogens with one attached hydrogen (secondary N) is 1. The number of carbonyl (C=O) groups is 1. The second-order valence-corrected chi connectivity index (χ2v) is 6.23. The maximum atomic E-state index is 11.8. The summed E-state index contributed by atoms with van der Waals surface area (Å²) in [5, 5.41) is 5.80. The van der Waals surface area contributed by atoms with Gasteiger partial charge in [0.15, 0.2) is 11.5 Å². The van der Waals surface area contributed by atoms with Crippen LogP contribution in [0.1, 0.15) is 17.1 Å². The van der Waals surface area contributed by atoms with Crippen molar-refractivity contribution < 1.29 is 14.3 Å². The number of fused-ring (bicyclic) bond motifs is 1. The van der Waals surface area contributed by atoms with Crippen LogP contribution in [0, 0.1) is 6.92 Å². The fourth-order valence-corrected chi connectivity index (χ4v) is 2.91. The van der Waals surface area contributed by atoms with Crippen molar-refractivity contribution in [1.29, 1.82) is 0 Å². The fourth-order valence-electron chi connectivity index (χ4n) is 2.29. The highest BCUT2D eigenvalue weighted by Gasteiger charge is 2.20. The van der Waals surface area contributed by atoms with E-state index in [0.717, 1.165) is 28.6 Å². The lowest BCUT2D eigenvalue weighted by Gasteiger charge is -2.26. The van der Waals surface area contributed by atoms with Crippen LogP contribution >= 0.6 is 11.3 Å². The van der Waals surface area contributed by atoms with E-state index in [-0.39, 0.29) is 12.0 Å². The molecule has 1 amide bonds. The van der Waals surface area contributed by atoms with Gasteiger partial charge in [-0.05, 0) is 19.1 Å². The van der Waals surface area contributed by atoms with E-state index >= 15 is 0 Å². The van der Waals surface area contributed by atoms with E-state index in [1.807, 2.05) is 36.6 Å². The smallest absolute Gasteiger partial charge is 0.226 e. The highest BCUT2D eigenvalue weighted by Crippen LogP contribution is 2.31. The highest BCUT2D eigenvalue weighted by molar-refractivity contribution is 7.09. The van der Waals surface area contributed by atoms with E-state index < -0.39 is 0 Å². The maximum absolute atomic E-state index is 11.8. The third-order valence-electron chi connectivity index (χ3n) is 3.36. The molecule has 0 saturated carbocycles. The van der Waals surface area contributed by atoms with Crippen LogP contribution in [0.5, 0.6) is 11.5 Å². The molecule has 22 heavy (non-hydrogen) atoms. The molecule has 116 valence electrons. The van der Waals surface area contributed by atoms with Gasteiger partial charge in [-0.25, -0.2) is 4.98 Å². The first kappa shape index (κ1) is 14.8. The fraction of sp³-hybridized carbons (Fsp3) is 0.375. The minimum absolute atomic E-state index is 0.0116. The lowest BCUT2D eigenvalue weighted by molar-refractivity contribution is -0.120. The number of para-hydroxylation sites is 2. The van der Waals surface area contributed by atoms with Crippen LogP contribution in [0.15, 0.2) is 29.6 Å². The van der Waals surface area contributed by atoms with Gasteiger partial charge < -0.3 is 14.8 Å². The quantitative estimate of drug-likeness (QED) is 0.919. The van der Waals surface area contributed by atoms with Crippen molar-refractivity contribution in [1.82, 2.24) is 10.3 Å². The maximum Gasteiger partial charge on any atom is 0.226 e. The van der Waals surface area contributed by atoms with Crippen LogP contribution in [0.4, 0.5) is 0 Å². The monoisotopic (exact) mass is 318 g/mol. The summed E-state index contributed by atoms with van der Waals surface area (Å²) < 4.78 is 11.5. The highest BCUT2D eigenvalue weighted by atomic mass is 32.1. The number of hydrogen-bond donors (Lipinski definition) is 1. The first-order valence-corrected chi connectivity index (χ1v) is 8.15. The molecule has 1 N–H and O–H groups in total. The molecule has 5 nitrogen and oxygen atoms in total. The second-order valence-electron chi connectivity index (χ2n) is 5.17. The van der Waals surface area contributed by atoms with Gasteiger partial charge in [0.1, 0.15) is 12.7 Å². The predicted molar refractivity (Wildman–Crippen MR) is 84.5 cm³/mol. The summed E-state index contributed by atoms with van der Waals surface area (Å²) in [6, 6.07) is 7.62. The van der Waals surface area contributed by atoms with Crippen LogP contribution in [-0.4, -0.2) is 30.1 Å². The van der Waals surface area contributed by atoms with Gasteiger partial charge in [-0.15, -0.1) is 11.3 Å². The zero-order valence-electron chi connectivity index (χ0n) is 12.4. The third kappa shape index (κ3) is 3.76. The Labute approximate surface area is 133 Å². The van der Waals surface area contributed by atoms with Crippen molar-refractivity contribution in [2.75, 3.05) is 13.2 Å². The van der Waals surface area contributed by atoms with E-state index in [4.69, 9.17) is 9.47 Å². The predicted octanol–water partition coefficient (Wildman–Crippen LogP) is 2.34. The lowest BCUT2D eigenvalue weighted by Crippen LogP contribution is -2.34. The van der Waals surface area contributed by atoms with Gasteiger partial charge in [0.25, 0.3) is 0 Å². The van der Waals surface area contributed by atoms with Crippen LogP contribution < -0.4 is 14.8 Å². The zero-order valence-corrected chi connectivity index (χ0v) is 13.2. The molecule has 2 aromatic rings. The Morgan fingerprint density at radius 3 is 3.00 bits per heavy atom. The summed E-state index contributed by atoms with van der Waals surface area (Å²) in [6.45, 7) is 3.01. The molecule has 1 aliphatic rings. The largest absolute Gasteiger partial charge is 0.486 e. The molecule has 0 radical (unpaired) electrons. The molecule has 1 aromatic carbocycles. The van der Waals surface area contributed by atoms with Crippen molar-refractivity contribution in [3.8, 4) is 11.5 Å². The summed E-state index contributed by atoms with van der Waals surface area (Å²) in [4.78, 5) is 16.1. The number of amides is 1. The first-order chi connectivity index (χ1) is 10.7. The number of carbonyl (C=O) groups excluding carboxylic acids is 1. The number of hydrogen-bond acceptors (Lipinski definition) is 5. The molecule has 0 saturated heterocycles. The average Bonchev–Trinajstić information content (AvgIpc) is 2.92. The Bertz CT molecular complexity index is 656. The van der Waals surface area contributed by atoms with E-state index in [1.54, 1.807) is 11.3 Å². The molecule has 6 heteroatoms. The number of aromatic nitrogens is 1. The third-order valence-corrected chi connectivity index (χ3v) is 4.19. The van der Waals surface area contributed by atoms with E-state index in [2.05, 4.69) is 10.3 Å². The minimum Gasteiger partial charge on any atom is -0.486 e. The van der Waals surface area contributed by atoms with Crippen LogP contribution in [0.3, 0.4) is 0 Å². The van der Waals surface area contributed by atoms with Gasteiger partial charge in [0.2, 0.25) is 5.91 Å². The molecule has 2 heterocycles. The Morgan fingerprint density at radius 2 is 2.23 bits per heavy atom. The molecule has 0 fully saturated rings. The average molecular weight is 318 g/mol. The Balaban J connectivity index is 1.41. The lowest BCUT2D eigenvalue weighted by atomic mass is 10.2. The number of ether oxygens (including phenoxy) is 2. The molecule has 3 rings (SSSR count). The van der Waals surface area contributed by atoms with E-state index in [9.17, 15) is 4.79 Å². The van der Waals surface area contributed by atoms with Gasteiger partial charge in [0.05, 0.1) is 17.1 Å². The number of aryl methyl sites for hydroxylation is 1. The summed E-state index contributed by atoms with van der Waals surface area (Å²) in [7, 11) is 0. The van der Waals surface area contributed by atoms with Gasteiger partial charge >= 0.3 is 0 Å². The standard InChI is InChI=1S/C16H18N2O3S/c1-11-18-12(10-22-11)8-16(19)17-7-6-13-9-20-14-4-2-3-5-15(14)21-13/h2-5,10,13H,6-9H2,1H3,(H,17,19)/t13-/m0/s1. The summed E-state index contributed by atoms with van der Waals surface area (Å²) in [6.07, 6.45) is 1.02. The molecule has 0 aliphatic carbocycles. The first-order valence-electron chi connectivity index (χ1n) is 7.27. The van der Waals surface area contributed by atoms with Gasteiger partial charge in [-0.3, -0.25) is 4.79 Å². The second kappa shape index (κ2) is 6.79. The molecule has 1 aromatic heterocycles. The SMILES string of the molecule is Cc1nc(CC(=O)NCC[C@H]2COc3ccccc3O2)cs1. The number of rotatable bonds is 5. The van der Waals surface area contributed by atoms with Crippen LogP contribution in [0.2, 0.25) is 0 Å². The Morgan fingerprint density at radius 1 is 1.41 bits per heavy atom. The van der Waals surface area contributed by atoms with Crippen LogP contribution in [-0.2, 0) is 11.2 Å². The van der Waals surface area contributed by atoms with E-state index in [0.29, 0.717) is 19.6 Å². The molecule has 0 spiro atoms. The molecular formula is C16H18N2O3S. The molecule has 1 atom stereocenters. The number of benzene rings is 1. The Kier molecular flexibility index (Phi) is 4.58. The van der Waals surface area contributed by atoms with Gasteiger partial charge in [0, 0.05) is 18.3 Å². The van der Waals surface area contributed by atoms with Crippen LogP contribution in [0.25, 0.3) is 0 Å². The van der Waals surface area contributed by atoms with Crippen molar-refractivity contribution in [2.24, 2.45) is 0 Å². The summed E-state index contributed by atoms with van der Waals surface area (Å²) in [5.41, 5.74) is 0.825. The van der Waals surface area contributed by atoms with Crippen molar-refractivity contribution in [3.63, 3.8) is 0 Å². The van der Waals surface area contributed by atoms with E-state index in [1.165, 1.54) is 0 Å². The number of thiazole rings is 1. The Hall–Kier alpha value is -2.08. The van der Waals surface area contributed by atoms with Gasteiger partial charge in [-0.1, -0.05) is 12.1 Å². The number of nitrogens with zero attached hydrogens (tertiary/aromatic N) is 1. The molecule has 0 unspecified atom stereocenters. The topological polar surface area (TPSA) is 60.5 Å². The summed E-state index contributed by atoms with van der Waals surface area (Å²) in [5.74, 6) is 1.53. The van der Waals surface area contributed by atoms with Crippen molar-refractivity contribution >= 4 is 17.2 Å². The summed E-state index contributed by atoms with van der Waals surface area (Å²) >= 11 is 1.56.